The van der Waals surface area contributed by atoms with Crippen LogP contribution in [0.25, 0.3) is 0 Å². The lowest BCUT2D eigenvalue weighted by atomic mass is 10.1. The van der Waals surface area contributed by atoms with Crippen molar-refractivity contribution in [3.05, 3.63) is 33.2 Å². The van der Waals surface area contributed by atoms with Crippen molar-refractivity contribution in [2.45, 2.75) is 29.2 Å². The van der Waals surface area contributed by atoms with Crippen LogP contribution in [0.3, 0.4) is 0 Å². The molecule has 0 saturated carbocycles. The molecule has 3 nitrogen and oxygen atoms in total. The van der Waals surface area contributed by atoms with E-state index in [9.17, 15) is 5.11 Å². The van der Waals surface area contributed by atoms with E-state index < -0.39 is 6.10 Å². The lowest BCUT2D eigenvalue weighted by Crippen LogP contribution is -1.92. The van der Waals surface area contributed by atoms with Crippen molar-refractivity contribution in [1.29, 1.82) is 0 Å². The van der Waals surface area contributed by atoms with Crippen molar-refractivity contribution in [2.75, 3.05) is 0 Å². The van der Waals surface area contributed by atoms with Crippen LogP contribution in [-0.4, -0.2) is 15.3 Å². The van der Waals surface area contributed by atoms with Gasteiger partial charge >= 0.3 is 0 Å². The molecule has 0 spiro atoms. The molecule has 2 aromatic rings. The van der Waals surface area contributed by atoms with Crippen molar-refractivity contribution in [3.63, 3.8) is 0 Å². The summed E-state index contributed by atoms with van der Waals surface area (Å²) in [6.45, 7) is 3.69. The van der Waals surface area contributed by atoms with E-state index in [1.54, 1.807) is 30.0 Å². The Morgan fingerprint density at radius 3 is 2.71 bits per heavy atom. The SMILES string of the molecule is Cc1nnc(Sc2ccc([C@@H](C)O)c(Br)c2)s1. The number of aromatic nitrogens is 2. The lowest BCUT2D eigenvalue weighted by Gasteiger charge is -2.08. The topological polar surface area (TPSA) is 46.0 Å². The van der Waals surface area contributed by atoms with Gasteiger partial charge < -0.3 is 5.11 Å². The molecule has 0 aliphatic carbocycles. The molecule has 0 unspecified atom stereocenters. The first-order chi connectivity index (χ1) is 8.06. The quantitative estimate of drug-likeness (QED) is 0.929. The number of aryl methyl sites for hydroxylation is 1. The summed E-state index contributed by atoms with van der Waals surface area (Å²) < 4.78 is 1.85. The van der Waals surface area contributed by atoms with E-state index in [1.807, 2.05) is 25.1 Å². The van der Waals surface area contributed by atoms with Gasteiger partial charge in [0.15, 0.2) is 4.34 Å². The average molecular weight is 331 g/mol. The molecule has 1 atom stereocenters. The second-order valence-corrected chi connectivity index (χ2v) is 6.90. The minimum Gasteiger partial charge on any atom is -0.389 e. The monoisotopic (exact) mass is 330 g/mol. The van der Waals surface area contributed by atoms with Crippen molar-refractivity contribution >= 4 is 39.0 Å². The van der Waals surface area contributed by atoms with Crippen LogP contribution in [0.2, 0.25) is 0 Å². The fraction of sp³-hybridized carbons (Fsp3) is 0.273. The van der Waals surface area contributed by atoms with Crippen LogP contribution < -0.4 is 0 Å². The number of aliphatic hydroxyl groups excluding tert-OH is 1. The zero-order valence-corrected chi connectivity index (χ0v) is 12.6. The zero-order valence-electron chi connectivity index (χ0n) is 9.35. The van der Waals surface area contributed by atoms with Crippen LogP contribution in [0.5, 0.6) is 0 Å². The minimum absolute atomic E-state index is 0.466. The highest BCUT2D eigenvalue weighted by Crippen LogP contribution is 2.33. The number of benzene rings is 1. The summed E-state index contributed by atoms with van der Waals surface area (Å²) in [6, 6.07) is 5.89. The highest BCUT2D eigenvalue weighted by Gasteiger charge is 2.09. The van der Waals surface area contributed by atoms with Gasteiger partial charge in [-0.1, -0.05) is 45.1 Å². The number of hydrogen-bond donors (Lipinski definition) is 1. The first-order valence-corrected chi connectivity index (χ1v) is 7.44. The first kappa shape index (κ1) is 13.0. The molecular weight excluding hydrogens is 320 g/mol. The van der Waals surface area contributed by atoms with Crippen LogP contribution in [0, 0.1) is 6.92 Å². The van der Waals surface area contributed by atoms with E-state index in [0.717, 1.165) is 24.3 Å². The van der Waals surface area contributed by atoms with Gasteiger partial charge in [0.1, 0.15) is 5.01 Å². The van der Waals surface area contributed by atoms with Crippen LogP contribution in [0.1, 0.15) is 23.6 Å². The molecule has 1 heterocycles. The molecule has 0 saturated heterocycles. The Labute approximate surface area is 116 Å². The van der Waals surface area contributed by atoms with Gasteiger partial charge in [-0.25, -0.2) is 0 Å². The molecular formula is C11H11BrN2OS2. The van der Waals surface area contributed by atoms with Crippen molar-refractivity contribution < 1.29 is 5.11 Å². The molecule has 1 N–H and O–H groups in total. The largest absolute Gasteiger partial charge is 0.389 e. The molecule has 0 radical (unpaired) electrons. The Hall–Kier alpha value is -0.430. The average Bonchev–Trinajstić information content (AvgIpc) is 2.63. The second-order valence-electron chi connectivity index (χ2n) is 3.55. The summed E-state index contributed by atoms with van der Waals surface area (Å²) in [7, 11) is 0. The highest BCUT2D eigenvalue weighted by atomic mass is 79.9. The number of aliphatic hydroxyl groups is 1. The Kier molecular flexibility index (Phi) is 4.19. The summed E-state index contributed by atoms with van der Waals surface area (Å²) in [5.41, 5.74) is 0.891. The van der Waals surface area contributed by atoms with Gasteiger partial charge in [0.05, 0.1) is 6.10 Å². The van der Waals surface area contributed by atoms with Gasteiger partial charge in [-0.05, 0) is 31.5 Å². The normalized spacial score (nSPS) is 12.7. The summed E-state index contributed by atoms with van der Waals surface area (Å²) in [4.78, 5) is 1.08. The number of nitrogens with zero attached hydrogens (tertiary/aromatic N) is 2. The maximum atomic E-state index is 9.53. The summed E-state index contributed by atoms with van der Waals surface area (Å²) in [5, 5.41) is 18.5. The second kappa shape index (κ2) is 5.48. The van der Waals surface area contributed by atoms with Crippen LogP contribution in [0.15, 0.2) is 31.9 Å². The Bertz CT molecular complexity index is 528. The fourth-order valence-corrected chi connectivity index (χ4v) is 4.02. The van der Waals surface area contributed by atoms with Gasteiger partial charge in [-0.3, -0.25) is 0 Å². The molecule has 90 valence electrons. The van der Waals surface area contributed by atoms with Crippen molar-refractivity contribution in [3.8, 4) is 0 Å². The van der Waals surface area contributed by atoms with E-state index >= 15 is 0 Å². The van der Waals surface area contributed by atoms with E-state index in [4.69, 9.17) is 0 Å². The fourth-order valence-electron chi connectivity index (χ4n) is 1.33. The van der Waals surface area contributed by atoms with Gasteiger partial charge in [0.2, 0.25) is 0 Å². The van der Waals surface area contributed by atoms with Gasteiger partial charge in [-0.15, -0.1) is 10.2 Å². The van der Waals surface area contributed by atoms with E-state index in [1.165, 1.54) is 0 Å². The van der Waals surface area contributed by atoms with Crippen LogP contribution in [0.4, 0.5) is 0 Å². The standard InChI is InChI=1S/C11H11BrN2OS2/c1-6(15)9-4-3-8(5-10(9)12)17-11-14-13-7(2)16-11/h3-6,15H,1-2H3/t6-/m1/s1. The molecule has 0 fully saturated rings. The predicted molar refractivity (Wildman–Crippen MR) is 73.5 cm³/mol. The maximum Gasteiger partial charge on any atom is 0.179 e. The van der Waals surface area contributed by atoms with Crippen molar-refractivity contribution in [1.82, 2.24) is 10.2 Å². The number of hydrogen-bond acceptors (Lipinski definition) is 5. The Morgan fingerprint density at radius 1 is 1.41 bits per heavy atom. The first-order valence-electron chi connectivity index (χ1n) is 5.01. The molecule has 0 aliphatic heterocycles. The molecule has 0 bridgehead atoms. The van der Waals surface area contributed by atoms with E-state index in [0.29, 0.717) is 0 Å². The summed E-state index contributed by atoms with van der Waals surface area (Å²) in [6.07, 6.45) is -0.466. The third kappa shape index (κ3) is 3.28. The van der Waals surface area contributed by atoms with Crippen LogP contribution >= 0.6 is 39.0 Å². The third-order valence-electron chi connectivity index (χ3n) is 2.13. The molecule has 6 heteroatoms. The zero-order chi connectivity index (χ0) is 12.4. The number of rotatable bonds is 3. The molecule has 17 heavy (non-hydrogen) atoms. The van der Waals surface area contributed by atoms with Crippen LogP contribution in [-0.2, 0) is 0 Å². The third-order valence-corrected chi connectivity index (χ3v) is 4.70. The van der Waals surface area contributed by atoms with Gasteiger partial charge in [0, 0.05) is 9.37 Å². The lowest BCUT2D eigenvalue weighted by molar-refractivity contribution is 0.198. The minimum atomic E-state index is -0.466. The van der Waals surface area contributed by atoms with Gasteiger partial charge in [-0.2, -0.15) is 0 Å². The molecule has 2 rings (SSSR count). The molecule has 0 aliphatic rings. The number of halogens is 1. The predicted octanol–water partition coefficient (Wildman–Crippen LogP) is 3.81. The van der Waals surface area contributed by atoms with Crippen molar-refractivity contribution in [2.24, 2.45) is 0 Å². The molecule has 0 amide bonds. The smallest absolute Gasteiger partial charge is 0.179 e. The van der Waals surface area contributed by atoms with Gasteiger partial charge in [0.25, 0.3) is 0 Å². The maximum absolute atomic E-state index is 9.53. The molecule has 1 aromatic heterocycles. The Morgan fingerprint density at radius 2 is 2.18 bits per heavy atom. The van der Waals surface area contributed by atoms with E-state index in [2.05, 4.69) is 26.1 Å². The molecule has 1 aromatic carbocycles. The Balaban J connectivity index is 2.20. The highest BCUT2D eigenvalue weighted by molar-refractivity contribution is 9.10. The summed E-state index contributed by atoms with van der Waals surface area (Å²) in [5.74, 6) is 0. The summed E-state index contributed by atoms with van der Waals surface area (Å²) >= 11 is 6.61. The van der Waals surface area contributed by atoms with E-state index in [-0.39, 0.29) is 0 Å².